The van der Waals surface area contributed by atoms with Gasteiger partial charge in [0.15, 0.2) is 0 Å². The van der Waals surface area contributed by atoms with Gasteiger partial charge in [0.1, 0.15) is 6.10 Å². The van der Waals surface area contributed by atoms with Crippen molar-refractivity contribution in [3.05, 3.63) is 22.8 Å². The molecule has 0 bridgehead atoms. The van der Waals surface area contributed by atoms with E-state index in [2.05, 4.69) is 27.7 Å². The molecule has 0 spiro atoms. The molecule has 0 aromatic carbocycles. The molecule has 4 rings (SSSR count). The highest BCUT2D eigenvalue weighted by Gasteiger charge is 2.70. The molecular formula is C31H48O6. The number of fused-ring (bicyclic) bond motifs is 5. The van der Waals surface area contributed by atoms with E-state index < -0.39 is 24.1 Å². The van der Waals surface area contributed by atoms with E-state index in [1.54, 1.807) is 0 Å². The first-order valence-corrected chi connectivity index (χ1v) is 14.3. The summed E-state index contributed by atoms with van der Waals surface area (Å²) in [6.07, 6.45) is 6.22. The third kappa shape index (κ3) is 4.40. The number of ether oxygens (including phenoxy) is 1. The number of hydrogen-bond acceptors (Lipinski definition) is 5. The fraction of sp³-hybridized carbons (Fsp3) is 0.806. The Hall–Kier alpha value is -1.66. The van der Waals surface area contributed by atoms with Crippen LogP contribution in [0, 0.1) is 39.9 Å². The first-order valence-electron chi connectivity index (χ1n) is 14.3. The van der Waals surface area contributed by atoms with E-state index in [1.807, 2.05) is 19.9 Å². The van der Waals surface area contributed by atoms with Gasteiger partial charge in [0.05, 0.1) is 12.2 Å². The maximum absolute atomic E-state index is 12.6. The molecule has 10 atom stereocenters. The number of allylic oxidation sites excluding steroid dienone is 2. The molecule has 0 amide bonds. The highest BCUT2D eigenvalue weighted by Crippen LogP contribution is 2.74. The van der Waals surface area contributed by atoms with Crippen LogP contribution in [0.3, 0.4) is 0 Å². The first-order chi connectivity index (χ1) is 17.2. The highest BCUT2D eigenvalue weighted by molar-refractivity contribution is 5.88. The SMILES string of the molecule is CC(=O)O[C@H]1C[C@@]2(C)[C@H](C[C@H](O)[C@H]3[C@@]4(C)CCC(O)[C@H](C)[C@H]4CC[C@]32C)/C1=C(\CCC=C(C)C)C(=O)O. The van der Waals surface area contributed by atoms with Crippen molar-refractivity contribution in [2.45, 2.75) is 118 Å². The minimum atomic E-state index is -0.953. The Balaban J connectivity index is 1.82. The van der Waals surface area contributed by atoms with Gasteiger partial charge in [0, 0.05) is 12.5 Å². The predicted octanol–water partition coefficient (Wildman–Crippen LogP) is 5.67. The lowest BCUT2D eigenvalue weighted by Crippen LogP contribution is -2.65. The molecule has 4 aliphatic rings. The zero-order valence-corrected chi connectivity index (χ0v) is 23.8. The summed E-state index contributed by atoms with van der Waals surface area (Å²) in [5, 5.41) is 32.9. The number of carboxylic acid groups (broad SMARTS) is 1. The predicted molar refractivity (Wildman–Crippen MR) is 143 cm³/mol. The molecule has 6 heteroatoms. The molecule has 4 fully saturated rings. The molecule has 4 aliphatic carbocycles. The lowest BCUT2D eigenvalue weighted by molar-refractivity contribution is -0.234. The number of esters is 1. The number of aliphatic hydroxyl groups is 2. The van der Waals surface area contributed by atoms with Crippen LogP contribution < -0.4 is 0 Å². The second kappa shape index (κ2) is 9.82. The number of carboxylic acids is 1. The van der Waals surface area contributed by atoms with Crippen LogP contribution >= 0.6 is 0 Å². The summed E-state index contributed by atoms with van der Waals surface area (Å²) in [6.45, 7) is 14.5. The van der Waals surface area contributed by atoms with E-state index in [9.17, 15) is 24.9 Å². The van der Waals surface area contributed by atoms with Gasteiger partial charge >= 0.3 is 11.9 Å². The molecule has 0 heterocycles. The first kappa shape index (κ1) is 28.4. The fourth-order valence-corrected chi connectivity index (χ4v) is 9.79. The Morgan fingerprint density at radius 3 is 2.30 bits per heavy atom. The van der Waals surface area contributed by atoms with Crippen molar-refractivity contribution in [3.63, 3.8) is 0 Å². The molecule has 37 heavy (non-hydrogen) atoms. The van der Waals surface area contributed by atoms with Gasteiger partial charge in [-0.1, -0.05) is 39.3 Å². The molecule has 6 nitrogen and oxygen atoms in total. The van der Waals surface area contributed by atoms with Crippen LogP contribution in [0.25, 0.3) is 0 Å². The largest absolute Gasteiger partial charge is 0.478 e. The summed E-state index contributed by atoms with van der Waals surface area (Å²) >= 11 is 0. The molecule has 0 saturated heterocycles. The monoisotopic (exact) mass is 516 g/mol. The van der Waals surface area contributed by atoms with Gasteiger partial charge in [-0.05, 0) is 111 Å². The zero-order chi connectivity index (χ0) is 27.5. The molecule has 0 radical (unpaired) electrons. The molecule has 0 aliphatic heterocycles. The van der Waals surface area contributed by atoms with Crippen LogP contribution in [0.5, 0.6) is 0 Å². The quantitative estimate of drug-likeness (QED) is 0.247. The van der Waals surface area contributed by atoms with Crippen LogP contribution in [-0.2, 0) is 14.3 Å². The van der Waals surface area contributed by atoms with E-state index in [0.29, 0.717) is 37.2 Å². The molecule has 0 aromatic rings. The Morgan fingerprint density at radius 2 is 1.70 bits per heavy atom. The topological polar surface area (TPSA) is 104 Å². The van der Waals surface area contributed by atoms with Crippen molar-refractivity contribution < 1.29 is 29.6 Å². The third-order valence-electron chi connectivity index (χ3n) is 11.6. The Morgan fingerprint density at radius 1 is 1.03 bits per heavy atom. The van der Waals surface area contributed by atoms with Crippen LogP contribution in [0.15, 0.2) is 22.8 Å². The third-order valence-corrected chi connectivity index (χ3v) is 11.6. The standard InChI is InChI=1S/C31H48O6/c1-17(2)9-8-10-20(28(35)36)26-22-15-24(34)27-29(5)13-12-23(33)18(3)21(29)11-14-30(27,6)31(22,7)16-25(26)37-19(4)32/h9,18,21-25,27,33-34H,8,10-16H2,1-7H3,(H,35,36)/b26-20-/t18-,21-,22-,23?,24+,25+,27+,29+,30-,31+/m1/s1. The number of aliphatic hydroxyl groups excluding tert-OH is 2. The van der Waals surface area contributed by atoms with Crippen LogP contribution in [0.2, 0.25) is 0 Å². The Labute approximate surface area is 222 Å². The van der Waals surface area contributed by atoms with Crippen molar-refractivity contribution in [2.75, 3.05) is 0 Å². The maximum Gasteiger partial charge on any atom is 0.331 e. The normalized spacial score (nSPS) is 46.2. The van der Waals surface area contributed by atoms with Gasteiger partial charge in [-0.3, -0.25) is 4.79 Å². The summed E-state index contributed by atoms with van der Waals surface area (Å²) in [4.78, 5) is 24.8. The number of aliphatic carboxylic acids is 1. The summed E-state index contributed by atoms with van der Waals surface area (Å²) in [6, 6.07) is 0. The van der Waals surface area contributed by atoms with Gasteiger partial charge in [-0.25, -0.2) is 4.79 Å². The van der Waals surface area contributed by atoms with E-state index in [0.717, 1.165) is 36.8 Å². The summed E-state index contributed by atoms with van der Waals surface area (Å²) in [5.74, 6) is -0.909. The number of carbonyl (C=O) groups is 2. The van der Waals surface area contributed by atoms with Gasteiger partial charge in [-0.15, -0.1) is 0 Å². The average molecular weight is 517 g/mol. The fourth-order valence-electron chi connectivity index (χ4n) is 9.79. The minimum absolute atomic E-state index is 0.0474. The van der Waals surface area contributed by atoms with Crippen molar-refractivity contribution in [1.82, 2.24) is 0 Å². The molecule has 1 unspecified atom stereocenters. The maximum atomic E-state index is 12.6. The highest BCUT2D eigenvalue weighted by atomic mass is 16.5. The van der Waals surface area contributed by atoms with Crippen LogP contribution in [0.1, 0.15) is 99.8 Å². The van der Waals surface area contributed by atoms with Gasteiger partial charge in [0.25, 0.3) is 0 Å². The summed E-state index contributed by atoms with van der Waals surface area (Å²) < 4.78 is 5.87. The summed E-state index contributed by atoms with van der Waals surface area (Å²) in [7, 11) is 0. The minimum Gasteiger partial charge on any atom is -0.478 e. The smallest absolute Gasteiger partial charge is 0.331 e. The summed E-state index contributed by atoms with van der Waals surface area (Å²) in [5.41, 5.74) is 1.57. The Kier molecular flexibility index (Phi) is 7.53. The second-order valence-corrected chi connectivity index (χ2v) is 13.6. The number of rotatable bonds is 5. The van der Waals surface area contributed by atoms with Crippen LogP contribution in [0.4, 0.5) is 0 Å². The molecular weight excluding hydrogens is 468 g/mol. The van der Waals surface area contributed by atoms with Crippen molar-refractivity contribution in [1.29, 1.82) is 0 Å². The number of hydrogen-bond donors (Lipinski definition) is 3. The van der Waals surface area contributed by atoms with Crippen molar-refractivity contribution in [3.8, 4) is 0 Å². The molecule has 208 valence electrons. The second-order valence-electron chi connectivity index (χ2n) is 13.6. The zero-order valence-electron chi connectivity index (χ0n) is 23.8. The Bertz CT molecular complexity index is 994. The van der Waals surface area contributed by atoms with Crippen LogP contribution in [-0.4, -0.2) is 45.6 Å². The van der Waals surface area contributed by atoms with Gasteiger partial charge < -0.3 is 20.1 Å². The average Bonchev–Trinajstić information content (AvgIpc) is 3.05. The van der Waals surface area contributed by atoms with E-state index in [1.165, 1.54) is 6.92 Å². The number of carbonyl (C=O) groups excluding carboxylic acids is 1. The van der Waals surface area contributed by atoms with Crippen molar-refractivity contribution >= 4 is 11.9 Å². The lowest BCUT2D eigenvalue weighted by atomic mass is 9.36. The van der Waals surface area contributed by atoms with Gasteiger partial charge in [-0.2, -0.15) is 0 Å². The van der Waals surface area contributed by atoms with E-state index in [-0.39, 0.29) is 40.1 Å². The molecule has 0 aromatic heterocycles. The van der Waals surface area contributed by atoms with E-state index in [4.69, 9.17) is 4.74 Å². The lowest BCUT2D eigenvalue weighted by Gasteiger charge is -2.69. The molecule has 3 N–H and O–H groups in total. The molecule has 4 saturated carbocycles. The van der Waals surface area contributed by atoms with E-state index >= 15 is 0 Å². The van der Waals surface area contributed by atoms with Gasteiger partial charge in [0.2, 0.25) is 0 Å². The van der Waals surface area contributed by atoms with Crippen molar-refractivity contribution in [2.24, 2.45) is 39.9 Å².